The standard InChI is InChI=1S/C32H44O3/c1-4-22(2)9-8-14-31-15-16-32(20-23-10-6-5-7-11-23)27(28(31)18-26(34)21-31)13-12-24-17-25(33)19-29(35-3)30(24)32/h5-7,10-11,17,19,22,24,26,30,33-34H,4,8-9,12-16,18,20-21H2,1-3H3. The summed E-state index contributed by atoms with van der Waals surface area (Å²) in [5.74, 6) is 2.61. The van der Waals surface area contributed by atoms with Crippen LogP contribution in [0.4, 0.5) is 0 Å². The molecule has 0 heterocycles. The Labute approximate surface area is 212 Å². The fourth-order valence-corrected chi connectivity index (χ4v) is 8.33. The molecular weight excluding hydrogens is 432 g/mol. The average molecular weight is 477 g/mol. The molecule has 2 N–H and O–H groups in total. The van der Waals surface area contributed by atoms with Crippen molar-refractivity contribution in [2.45, 2.75) is 90.6 Å². The monoisotopic (exact) mass is 476 g/mol. The van der Waals surface area contributed by atoms with Gasteiger partial charge in [0.2, 0.25) is 0 Å². The van der Waals surface area contributed by atoms with Crippen LogP contribution in [-0.4, -0.2) is 23.4 Å². The Hall–Kier alpha value is -2.00. The van der Waals surface area contributed by atoms with E-state index < -0.39 is 0 Å². The van der Waals surface area contributed by atoms with E-state index in [0.717, 1.165) is 56.6 Å². The van der Waals surface area contributed by atoms with Gasteiger partial charge in [0.25, 0.3) is 0 Å². The van der Waals surface area contributed by atoms with Gasteiger partial charge in [-0.2, -0.15) is 0 Å². The zero-order chi connectivity index (χ0) is 24.6. The first-order valence-electron chi connectivity index (χ1n) is 14.0. The first-order valence-corrected chi connectivity index (χ1v) is 14.0. The molecule has 2 saturated carbocycles. The molecule has 190 valence electrons. The largest absolute Gasteiger partial charge is 0.508 e. The summed E-state index contributed by atoms with van der Waals surface area (Å²) in [6.07, 6.45) is 15.9. The first-order chi connectivity index (χ1) is 16.9. The molecule has 3 heteroatoms. The van der Waals surface area contributed by atoms with Gasteiger partial charge in [-0.1, -0.05) is 74.6 Å². The minimum atomic E-state index is -0.209. The summed E-state index contributed by atoms with van der Waals surface area (Å²) in [6, 6.07) is 10.9. The lowest BCUT2D eigenvalue weighted by molar-refractivity contribution is 0.0453. The van der Waals surface area contributed by atoms with Gasteiger partial charge in [-0.3, -0.25) is 0 Å². The number of benzene rings is 1. The van der Waals surface area contributed by atoms with Crippen molar-refractivity contribution in [1.82, 2.24) is 0 Å². The van der Waals surface area contributed by atoms with E-state index in [0.29, 0.717) is 11.7 Å². The number of allylic oxidation sites excluding steroid dienone is 4. The summed E-state index contributed by atoms with van der Waals surface area (Å²) in [6.45, 7) is 4.67. The molecule has 0 bridgehead atoms. The van der Waals surface area contributed by atoms with Gasteiger partial charge in [-0.15, -0.1) is 0 Å². The number of aliphatic hydroxyl groups is 2. The highest BCUT2D eigenvalue weighted by atomic mass is 16.5. The predicted octanol–water partition coefficient (Wildman–Crippen LogP) is 7.68. The first kappa shape index (κ1) is 24.7. The van der Waals surface area contributed by atoms with Gasteiger partial charge < -0.3 is 14.9 Å². The van der Waals surface area contributed by atoms with Gasteiger partial charge >= 0.3 is 0 Å². The van der Waals surface area contributed by atoms with Crippen LogP contribution in [0.2, 0.25) is 0 Å². The third-order valence-corrected chi connectivity index (χ3v) is 10.1. The van der Waals surface area contributed by atoms with Crippen LogP contribution in [0, 0.1) is 28.6 Å². The SMILES string of the molecule is CCC(C)CCCC12CCC3(Cc4ccccc4)C(=C1CC(O)C2)CCC1C=C(O)C=C(OC)C13. The molecule has 6 unspecified atom stereocenters. The third-order valence-electron chi connectivity index (χ3n) is 10.1. The summed E-state index contributed by atoms with van der Waals surface area (Å²) in [7, 11) is 1.76. The molecule has 0 saturated heterocycles. The van der Waals surface area contributed by atoms with Crippen LogP contribution >= 0.6 is 0 Å². The Morgan fingerprint density at radius 2 is 1.94 bits per heavy atom. The number of methoxy groups -OCH3 is 1. The molecule has 35 heavy (non-hydrogen) atoms. The van der Waals surface area contributed by atoms with Crippen LogP contribution in [0.15, 0.2) is 65.1 Å². The molecule has 3 nitrogen and oxygen atoms in total. The van der Waals surface area contributed by atoms with Gasteiger partial charge in [-0.25, -0.2) is 0 Å². The van der Waals surface area contributed by atoms with Crippen LogP contribution in [0.1, 0.15) is 83.6 Å². The van der Waals surface area contributed by atoms with E-state index in [2.05, 4.69) is 50.3 Å². The van der Waals surface area contributed by atoms with E-state index in [4.69, 9.17) is 4.74 Å². The van der Waals surface area contributed by atoms with Gasteiger partial charge in [-0.05, 0) is 80.3 Å². The number of hydrogen-bond donors (Lipinski definition) is 2. The molecule has 1 aromatic carbocycles. The maximum absolute atomic E-state index is 11.0. The van der Waals surface area contributed by atoms with Crippen molar-refractivity contribution in [1.29, 1.82) is 0 Å². The maximum Gasteiger partial charge on any atom is 0.115 e. The van der Waals surface area contributed by atoms with Gasteiger partial charge in [0.15, 0.2) is 0 Å². The quantitative estimate of drug-likeness (QED) is 0.378. The second kappa shape index (κ2) is 9.81. The van der Waals surface area contributed by atoms with Crippen molar-refractivity contribution >= 4 is 0 Å². The molecule has 4 aliphatic rings. The second-order valence-electron chi connectivity index (χ2n) is 12.0. The lowest BCUT2D eigenvalue weighted by Gasteiger charge is -2.56. The number of rotatable bonds is 8. The Morgan fingerprint density at radius 3 is 2.69 bits per heavy atom. The van der Waals surface area contributed by atoms with Crippen molar-refractivity contribution in [3.8, 4) is 0 Å². The molecule has 4 aliphatic carbocycles. The van der Waals surface area contributed by atoms with E-state index >= 15 is 0 Å². The number of aliphatic hydroxyl groups excluding tert-OH is 2. The van der Waals surface area contributed by atoms with Gasteiger partial charge in [0.1, 0.15) is 11.5 Å². The lowest BCUT2D eigenvalue weighted by atomic mass is 9.48. The van der Waals surface area contributed by atoms with Crippen molar-refractivity contribution in [3.63, 3.8) is 0 Å². The molecule has 0 aromatic heterocycles. The van der Waals surface area contributed by atoms with Gasteiger partial charge in [0.05, 0.1) is 13.2 Å². The van der Waals surface area contributed by atoms with Crippen molar-refractivity contribution in [2.24, 2.45) is 28.6 Å². The van der Waals surface area contributed by atoms with Crippen LogP contribution in [0.3, 0.4) is 0 Å². The normalized spacial score (nSPS) is 34.9. The van der Waals surface area contributed by atoms with E-state index in [1.165, 1.54) is 31.2 Å². The van der Waals surface area contributed by atoms with Crippen molar-refractivity contribution in [3.05, 3.63) is 70.7 Å². The summed E-state index contributed by atoms with van der Waals surface area (Å²) in [4.78, 5) is 0. The minimum Gasteiger partial charge on any atom is -0.508 e. The fourth-order valence-electron chi connectivity index (χ4n) is 8.33. The molecule has 0 radical (unpaired) electrons. The zero-order valence-electron chi connectivity index (χ0n) is 21.9. The van der Waals surface area contributed by atoms with E-state index in [1.807, 2.05) is 6.08 Å². The van der Waals surface area contributed by atoms with E-state index in [9.17, 15) is 10.2 Å². The Bertz CT molecular complexity index is 1000. The maximum atomic E-state index is 11.0. The van der Waals surface area contributed by atoms with Gasteiger partial charge in [0, 0.05) is 17.4 Å². The molecule has 5 rings (SSSR count). The van der Waals surface area contributed by atoms with Crippen LogP contribution in [-0.2, 0) is 11.2 Å². The third kappa shape index (κ3) is 4.39. The second-order valence-corrected chi connectivity index (χ2v) is 12.0. The van der Waals surface area contributed by atoms with E-state index in [-0.39, 0.29) is 22.9 Å². The molecule has 0 amide bonds. The van der Waals surface area contributed by atoms with E-state index in [1.54, 1.807) is 18.3 Å². The lowest BCUT2D eigenvalue weighted by Crippen LogP contribution is -2.48. The predicted molar refractivity (Wildman–Crippen MR) is 142 cm³/mol. The Kier molecular flexibility index (Phi) is 6.92. The fraction of sp³-hybridized carbons (Fsp3) is 0.625. The molecule has 0 aliphatic heterocycles. The van der Waals surface area contributed by atoms with Crippen LogP contribution in [0.5, 0.6) is 0 Å². The molecule has 1 aromatic rings. The highest BCUT2D eigenvalue weighted by Gasteiger charge is 2.58. The number of ether oxygens (including phenoxy) is 1. The minimum absolute atomic E-state index is 0.0110. The number of fused-ring (bicyclic) bond motifs is 4. The van der Waals surface area contributed by atoms with Crippen LogP contribution < -0.4 is 0 Å². The summed E-state index contributed by atoms with van der Waals surface area (Å²) >= 11 is 0. The topological polar surface area (TPSA) is 49.7 Å². The smallest absolute Gasteiger partial charge is 0.115 e. The molecule has 6 atom stereocenters. The zero-order valence-corrected chi connectivity index (χ0v) is 21.9. The summed E-state index contributed by atoms with van der Waals surface area (Å²) in [5, 5.41) is 21.5. The molecule has 2 fully saturated rings. The molecular formula is C32H44O3. The average Bonchev–Trinajstić information content (AvgIpc) is 3.19. The number of hydrogen-bond acceptors (Lipinski definition) is 3. The van der Waals surface area contributed by atoms with Crippen LogP contribution in [0.25, 0.3) is 0 Å². The highest BCUT2D eigenvalue weighted by molar-refractivity contribution is 5.43. The Balaban J connectivity index is 1.59. The Morgan fingerprint density at radius 1 is 1.14 bits per heavy atom. The molecule has 0 spiro atoms. The van der Waals surface area contributed by atoms with Crippen molar-refractivity contribution < 1.29 is 14.9 Å². The summed E-state index contributed by atoms with van der Waals surface area (Å²) < 4.78 is 5.99. The summed E-state index contributed by atoms with van der Waals surface area (Å²) in [5.41, 5.74) is 4.78. The van der Waals surface area contributed by atoms with Crippen molar-refractivity contribution in [2.75, 3.05) is 7.11 Å². The highest BCUT2D eigenvalue weighted by Crippen LogP contribution is 2.67.